The molecule has 32 heavy (non-hydrogen) atoms. The maximum absolute atomic E-state index is 12.9. The zero-order valence-corrected chi connectivity index (χ0v) is 19.2. The van der Waals surface area contributed by atoms with Crippen LogP contribution in [0.15, 0.2) is 77.7 Å². The highest BCUT2D eigenvalue weighted by Crippen LogP contribution is 2.29. The van der Waals surface area contributed by atoms with Crippen molar-refractivity contribution < 1.29 is 17.9 Å². The van der Waals surface area contributed by atoms with Crippen LogP contribution < -0.4 is 13.9 Å². The summed E-state index contributed by atoms with van der Waals surface area (Å²) in [5.74, 6) is 0.404. The molecule has 0 saturated carbocycles. The van der Waals surface area contributed by atoms with Gasteiger partial charge >= 0.3 is 0 Å². The van der Waals surface area contributed by atoms with Gasteiger partial charge in [-0.2, -0.15) is 0 Å². The third-order valence-electron chi connectivity index (χ3n) is 5.69. The van der Waals surface area contributed by atoms with Gasteiger partial charge in [0, 0.05) is 19.3 Å². The summed E-state index contributed by atoms with van der Waals surface area (Å²) in [5.41, 5.74) is 3.60. The molecule has 1 aliphatic rings. The summed E-state index contributed by atoms with van der Waals surface area (Å²) in [6, 6.07) is 21.3. The van der Waals surface area contributed by atoms with Crippen molar-refractivity contribution in [3.05, 3.63) is 83.9 Å². The molecule has 166 valence electrons. The standard InChI is InChI=1S/C25H26N2O4S/c1-18-8-14-23(15-9-18)32(29,30)26(3)21-10-12-22(13-11-21)31-19(2)25(28)27-17-16-20-6-4-5-7-24(20)27/h4-15,19H,16-17H2,1-3H3/t19-/m0/s1. The Morgan fingerprint density at radius 3 is 2.34 bits per heavy atom. The summed E-state index contributed by atoms with van der Waals surface area (Å²) in [7, 11) is -2.15. The Morgan fingerprint density at radius 1 is 1.00 bits per heavy atom. The molecular weight excluding hydrogens is 424 g/mol. The quantitative estimate of drug-likeness (QED) is 0.565. The van der Waals surface area contributed by atoms with Crippen LogP contribution in [-0.2, 0) is 21.2 Å². The van der Waals surface area contributed by atoms with Crippen LogP contribution in [0.2, 0.25) is 0 Å². The van der Waals surface area contributed by atoms with Gasteiger partial charge in [0.25, 0.3) is 15.9 Å². The summed E-state index contributed by atoms with van der Waals surface area (Å²) in [6.45, 7) is 4.28. The first-order valence-corrected chi connectivity index (χ1v) is 11.9. The number of aryl methyl sites for hydroxylation is 1. The van der Waals surface area contributed by atoms with Crippen LogP contribution in [-0.4, -0.2) is 34.0 Å². The van der Waals surface area contributed by atoms with Crippen LogP contribution in [0.5, 0.6) is 5.75 Å². The molecule has 0 saturated heterocycles. The summed E-state index contributed by atoms with van der Waals surface area (Å²) < 4.78 is 32.9. The third-order valence-corrected chi connectivity index (χ3v) is 7.49. The second kappa shape index (κ2) is 8.67. The van der Waals surface area contributed by atoms with Gasteiger partial charge in [-0.1, -0.05) is 35.9 Å². The van der Waals surface area contributed by atoms with Crippen LogP contribution >= 0.6 is 0 Å². The van der Waals surface area contributed by atoms with Gasteiger partial charge in [-0.05, 0) is 68.3 Å². The lowest BCUT2D eigenvalue weighted by molar-refractivity contribution is -0.124. The van der Waals surface area contributed by atoms with Gasteiger partial charge in [0.2, 0.25) is 0 Å². The number of anilines is 2. The lowest BCUT2D eigenvalue weighted by Gasteiger charge is -2.23. The lowest BCUT2D eigenvalue weighted by atomic mass is 10.2. The van der Waals surface area contributed by atoms with E-state index in [0.717, 1.165) is 23.2 Å². The Morgan fingerprint density at radius 2 is 1.66 bits per heavy atom. The van der Waals surface area contributed by atoms with Gasteiger partial charge in [-0.25, -0.2) is 8.42 Å². The largest absolute Gasteiger partial charge is 0.481 e. The van der Waals surface area contributed by atoms with E-state index < -0.39 is 16.1 Å². The van der Waals surface area contributed by atoms with E-state index in [0.29, 0.717) is 18.0 Å². The van der Waals surface area contributed by atoms with Crippen molar-refractivity contribution in [2.24, 2.45) is 0 Å². The topological polar surface area (TPSA) is 66.9 Å². The lowest BCUT2D eigenvalue weighted by Crippen LogP contribution is -2.39. The zero-order valence-electron chi connectivity index (χ0n) is 18.4. The normalized spacial score (nSPS) is 14.0. The Labute approximate surface area is 189 Å². The van der Waals surface area contributed by atoms with Gasteiger partial charge in [-0.15, -0.1) is 0 Å². The van der Waals surface area contributed by atoms with E-state index in [1.807, 2.05) is 31.2 Å². The molecule has 0 N–H and O–H groups in total. The van der Waals surface area contributed by atoms with E-state index in [1.54, 1.807) is 60.4 Å². The second-order valence-electron chi connectivity index (χ2n) is 7.91. The number of amides is 1. The number of fused-ring (bicyclic) bond motifs is 1. The maximum atomic E-state index is 12.9. The molecule has 0 unspecified atom stereocenters. The number of nitrogens with zero attached hydrogens (tertiary/aromatic N) is 2. The van der Waals surface area contributed by atoms with Crippen molar-refractivity contribution in [2.45, 2.75) is 31.3 Å². The molecule has 0 spiro atoms. The molecule has 1 atom stereocenters. The summed E-state index contributed by atoms with van der Waals surface area (Å²) in [6.07, 6.45) is 0.173. The molecule has 0 fully saturated rings. The molecule has 1 amide bonds. The number of carbonyl (C=O) groups excluding carboxylic acids is 1. The monoisotopic (exact) mass is 450 g/mol. The van der Waals surface area contributed by atoms with E-state index >= 15 is 0 Å². The number of hydrogen-bond donors (Lipinski definition) is 0. The first-order valence-electron chi connectivity index (χ1n) is 10.5. The fraction of sp³-hybridized carbons (Fsp3) is 0.240. The Balaban J connectivity index is 1.44. The average molecular weight is 451 g/mol. The molecule has 4 rings (SSSR count). The zero-order chi connectivity index (χ0) is 22.9. The van der Waals surface area contributed by atoms with Crippen molar-refractivity contribution in [1.82, 2.24) is 0 Å². The average Bonchev–Trinajstić information content (AvgIpc) is 3.23. The van der Waals surface area contributed by atoms with Crippen LogP contribution in [0.25, 0.3) is 0 Å². The number of carbonyl (C=O) groups is 1. The van der Waals surface area contributed by atoms with Crippen molar-refractivity contribution in [1.29, 1.82) is 0 Å². The van der Waals surface area contributed by atoms with Gasteiger partial charge < -0.3 is 9.64 Å². The highest BCUT2D eigenvalue weighted by molar-refractivity contribution is 7.92. The number of ether oxygens (including phenoxy) is 1. The fourth-order valence-corrected chi connectivity index (χ4v) is 4.98. The Kier molecular flexibility index (Phi) is 5.93. The number of sulfonamides is 1. The van der Waals surface area contributed by atoms with Crippen LogP contribution in [0.1, 0.15) is 18.1 Å². The van der Waals surface area contributed by atoms with Crippen molar-refractivity contribution in [2.75, 3.05) is 22.8 Å². The highest BCUT2D eigenvalue weighted by atomic mass is 32.2. The van der Waals surface area contributed by atoms with Crippen molar-refractivity contribution in [3.63, 3.8) is 0 Å². The summed E-state index contributed by atoms with van der Waals surface area (Å²) in [5, 5.41) is 0. The number of benzene rings is 3. The third kappa shape index (κ3) is 4.21. The van der Waals surface area contributed by atoms with E-state index in [2.05, 4.69) is 0 Å². The van der Waals surface area contributed by atoms with Gasteiger partial charge in [-0.3, -0.25) is 9.10 Å². The Hall–Kier alpha value is -3.32. The number of hydrogen-bond acceptors (Lipinski definition) is 4. The van der Waals surface area contributed by atoms with Gasteiger partial charge in [0.05, 0.1) is 10.6 Å². The van der Waals surface area contributed by atoms with Gasteiger partial charge in [0.1, 0.15) is 5.75 Å². The minimum atomic E-state index is -3.67. The van der Waals surface area contributed by atoms with Crippen LogP contribution in [0, 0.1) is 6.92 Å². The summed E-state index contributed by atoms with van der Waals surface area (Å²) >= 11 is 0. The molecule has 7 heteroatoms. The molecule has 1 heterocycles. The smallest absolute Gasteiger partial charge is 0.267 e. The minimum absolute atomic E-state index is 0.0990. The maximum Gasteiger partial charge on any atom is 0.267 e. The molecule has 6 nitrogen and oxygen atoms in total. The van der Waals surface area contributed by atoms with E-state index in [1.165, 1.54) is 11.4 Å². The van der Waals surface area contributed by atoms with Gasteiger partial charge in [0.15, 0.2) is 6.10 Å². The van der Waals surface area contributed by atoms with E-state index in [-0.39, 0.29) is 10.8 Å². The molecular formula is C25H26N2O4S. The van der Waals surface area contributed by atoms with Crippen molar-refractivity contribution >= 4 is 27.3 Å². The molecule has 0 radical (unpaired) electrons. The number of para-hydroxylation sites is 1. The van der Waals surface area contributed by atoms with E-state index in [4.69, 9.17) is 4.74 Å². The Bertz CT molecular complexity index is 1220. The second-order valence-corrected chi connectivity index (χ2v) is 9.88. The number of rotatable bonds is 6. The van der Waals surface area contributed by atoms with Crippen LogP contribution in [0.3, 0.4) is 0 Å². The molecule has 0 aliphatic carbocycles. The molecule has 1 aliphatic heterocycles. The summed E-state index contributed by atoms with van der Waals surface area (Å²) in [4.78, 5) is 14.9. The molecule has 0 aromatic heterocycles. The highest BCUT2D eigenvalue weighted by Gasteiger charge is 2.29. The fourth-order valence-electron chi connectivity index (χ4n) is 3.78. The predicted octanol–water partition coefficient (Wildman–Crippen LogP) is 4.18. The minimum Gasteiger partial charge on any atom is -0.481 e. The first-order chi connectivity index (χ1) is 15.3. The first kappa shape index (κ1) is 21.9. The molecule has 3 aromatic carbocycles. The van der Waals surface area contributed by atoms with Crippen LogP contribution in [0.4, 0.5) is 11.4 Å². The van der Waals surface area contributed by atoms with Crippen molar-refractivity contribution in [3.8, 4) is 5.75 Å². The molecule has 0 bridgehead atoms. The molecule has 3 aromatic rings. The predicted molar refractivity (Wildman–Crippen MR) is 126 cm³/mol. The van der Waals surface area contributed by atoms with E-state index in [9.17, 15) is 13.2 Å². The SMILES string of the molecule is Cc1ccc(S(=O)(=O)N(C)c2ccc(O[C@@H](C)C(=O)N3CCc4ccccc43)cc2)cc1.